The predicted molar refractivity (Wildman–Crippen MR) is 135 cm³/mol. The van der Waals surface area contributed by atoms with Crippen molar-refractivity contribution < 1.29 is 23.4 Å². The molecule has 3 aromatic rings. The first-order chi connectivity index (χ1) is 17.5. The Balaban J connectivity index is 1.63. The summed E-state index contributed by atoms with van der Waals surface area (Å²) >= 11 is 1.25. The third kappa shape index (κ3) is 4.38. The first-order valence-corrected chi connectivity index (χ1v) is 12.6. The zero-order chi connectivity index (χ0) is 25.2. The van der Waals surface area contributed by atoms with Gasteiger partial charge in [0, 0.05) is 30.8 Å². The van der Waals surface area contributed by atoms with Gasteiger partial charge in [0.15, 0.2) is 10.7 Å². The third-order valence-corrected chi connectivity index (χ3v) is 7.14. The number of anilines is 1. The van der Waals surface area contributed by atoms with Crippen LogP contribution in [0, 0.1) is 0 Å². The molecule has 188 valence electrons. The molecule has 4 heterocycles. The fourth-order valence-corrected chi connectivity index (χ4v) is 5.51. The van der Waals surface area contributed by atoms with E-state index in [1.54, 1.807) is 37.7 Å². The first kappa shape index (κ1) is 24.1. The van der Waals surface area contributed by atoms with Gasteiger partial charge in [0.05, 0.1) is 42.7 Å². The lowest BCUT2D eigenvalue weighted by Crippen LogP contribution is -2.40. The summed E-state index contributed by atoms with van der Waals surface area (Å²) in [7, 11) is 1.56. The molecule has 1 fully saturated rings. The molecule has 0 N–H and O–H groups in total. The number of morpholine rings is 1. The van der Waals surface area contributed by atoms with Crippen LogP contribution in [-0.4, -0.2) is 50.6 Å². The van der Waals surface area contributed by atoms with Crippen LogP contribution in [0.2, 0.25) is 0 Å². The van der Waals surface area contributed by atoms with Crippen LogP contribution in [0.15, 0.2) is 61.9 Å². The second-order valence-electron chi connectivity index (χ2n) is 8.32. The number of thiazole rings is 1. The van der Waals surface area contributed by atoms with Gasteiger partial charge in [0.2, 0.25) is 0 Å². The van der Waals surface area contributed by atoms with Gasteiger partial charge in [-0.25, -0.2) is 9.79 Å². The second kappa shape index (κ2) is 10.2. The van der Waals surface area contributed by atoms with Gasteiger partial charge in [0.1, 0.15) is 17.6 Å². The molecule has 5 rings (SSSR count). The Morgan fingerprint density at radius 2 is 2.00 bits per heavy atom. The Morgan fingerprint density at radius 3 is 2.75 bits per heavy atom. The fraction of sp³-hybridized carbons (Fsp3) is 0.346. The molecule has 0 saturated carbocycles. The van der Waals surface area contributed by atoms with E-state index in [1.165, 1.54) is 11.3 Å². The fourth-order valence-electron chi connectivity index (χ4n) is 4.48. The third-order valence-electron chi connectivity index (χ3n) is 6.16. The number of hydrogen-bond acceptors (Lipinski definition) is 9. The molecule has 10 heteroatoms. The smallest absolute Gasteiger partial charge is 0.338 e. The molecule has 1 saturated heterocycles. The number of hydrogen-bond donors (Lipinski definition) is 0. The van der Waals surface area contributed by atoms with E-state index < -0.39 is 12.0 Å². The molecule has 0 aliphatic carbocycles. The van der Waals surface area contributed by atoms with Crippen LogP contribution >= 0.6 is 11.3 Å². The van der Waals surface area contributed by atoms with Crippen LogP contribution in [0.3, 0.4) is 0 Å². The van der Waals surface area contributed by atoms with E-state index in [0.717, 1.165) is 19.0 Å². The van der Waals surface area contributed by atoms with Gasteiger partial charge < -0.3 is 23.5 Å². The van der Waals surface area contributed by atoms with E-state index in [0.29, 0.717) is 50.9 Å². The highest BCUT2D eigenvalue weighted by molar-refractivity contribution is 7.07. The number of benzene rings is 1. The molecule has 0 spiro atoms. The highest BCUT2D eigenvalue weighted by Gasteiger charge is 2.35. The molecule has 0 bridgehead atoms. The number of carbonyl (C=O) groups is 1. The number of ether oxygens (including phenoxy) is 3. The van der Waals surface area contributed by atoms with Crippen LogP contribution < -0.4 is 24.5 Å². The van der Waals surface area contributed by atoms with E-state index in [4.69, 9.17) is 18.6 Å². The summed E-state index contributed by atoms with van der Waals surface area (Å²) in [5, 5.41) is 0. The molecule has 2 aromatic heterocycles. The van der Waals surface area contributed by atoms with E-state index >= 15 is 0 Å². The minimum absolute atomic E-state index is 0.211. The molecule has 2 aliphatic heterocycles. The van der Waals surface area contributed by atoms with E-state index in [1.807, 2.05) is 30.3 Å². The number of aromatic nitrogens is 1. The van der Waals surface area contributed by atoms with Crippen LogP contribution in [0.25, 0.3) is 6.08 Å². The van der Waals surface area contributed by atoms with E-state index in [9.17, 15) is 9.59 Å². The van der Waals surface area contributed by atoms with Crippen molar-refractivity contribution in [3.8, 4) is 5.75 Å². The number of methoxy groups -OCH3 is 1. The molecule has 0 radical (unpaired) electrons. The zero-order valence-corrected chi connectivity index (χ0v) is 21.2. The van der Waals surface area contributed by atoms with Crippen LogP contribution in [-0.2, 0) is 14.3 Å². The predicted octanol–water partition coefficient (Wildman–Crippen LogP) is 2.24. The molecular weight excluding hydrogens is 482 g/mol. The number of allylic oxidation sites excluding steroid dienone is 1. The largest absolute Gasteiger partial charge is 0.496 e. The topological polar surface area (TPSA) is 95.5 Å². The molecule has 2 aliphatic rings. The molecule has 0 amide bonds. The van der Waals surface area contributed by atoms with E-state index in [-0.39, 0.29) is 12.2 Å². The summed E-state index contributed by atoms with van der Waals surface area (Å²) in [6, 6.07) is 10.3. The lowest BCUT2D eigenvalue weighted by molar-refractivity contribution is -0.139. The van der Waals surface area contributed by atoms with Crippen molar-refractivity contribution in [2.75, 3.05) is 44.9 Å². The summed E-state index contributed by atoms with van der Waals surface area (Å²) in [4.78, 5) is 34.0. The van der Waals surface area contributed by atoms with Crippen molar-refractivity contribution in [2.24, 2.45) is 4.99 Å². The molecule has 36 heavy (non-hydrogen) atoms. The second-order valence-corrected chi connectivity index (χ2v) is 9.33. The monoisotopic (exact) mass is 509 g/mol. The van der Waals surface area contributed by atoms with Gasteiger partial charge in [-0.05, 0) is 26.0 Å². The van der Waals surface area contributed by atoms with Crippen molar-refractivity contribution in [3.05, 3.63) is 78.7 Å². The van der Waals surface area contributed by atoms with Gasteiger partial charge >= 0.3 is 5.97 Å². The van der Waals surface area contributed by atoms with Gasteiger partial charge in [-0.15, -0.1) is 0 Å². The lowest BCUT2D eigenvalue weighted by atomic mass is 9.95. The number of carbonyl (C=O) groups excluding carboxylic acids is 1. The Hall–Kier alpha value is -3.63. The van der Waals surface area contributed by atoms with Crippen LogP contribution in [0.1, 0.15) is 31.2 Å². The van der Waals surface area contributed by atoms with Crippen molar-refractivity contribution in [1.29, 1.82) is 0 Å². The molecular formula is C26H27N3O6S. The number of furan rings is 1. The molecule has 1 unspecified atom stereocenters. The Morgan fingerprint density at radius 1 is 1.22 bits per heavy atom. The van der Waals surface area contributed by atoms with Gasteiger partial charge in [-0.1, -0.05) is 29.5 Å². The summed E-state index contributed by atoms with van der Waals surface area (Å²) in [5.74, 6) is 1.36. The maximum Gasteiger partial charge on any atom is 0.338 e. The zero-order valence-electron chi connectivity index (χ0n) is 20.4. The molecule has 9 nitrogen and oxygen atoms in total. The summed E-state index contributed by atoms with van der Waals surface area (Å²) in [5.41, 5.74) is 1.23. The number of fused-ring (bicyclic) bond motifs is 1. The maximum atomic E-state index is 13.7. The van der Waals surface area contributed by atoms with Gasteiger partial charge in [-0.3, -0.25) is 9.36 Å². The minimum Gasteiger partial charge on any atom is -0.496 e. The summed E-state index contributed by atoms with van der Waals surface area (Å²) < 4.78 is 24.4. The highest BCUT2D eigenvalue weighted by Crippen LogP contribution is 2.35. The van der Waals surface area contributed by atoms with Crippen LogP contribution in [0.4, 0.5) is 5.88 Å². The average molecular weight is 510 g/mol. The average Bonchev–Trinajstić information content (AvgIpc) is 3.48. The SMILES string of the molecule is CCOC(=O)C1=C(C)N=c2sc(=Cc3ccc(N4CCOCC4)o3)c(=O)n2C1c1ccccc1OC. The number of esters is 1. The molecule has 1 atom stereocenters. The van der Waals surface area contributed by atoms with Crippen molar-refractivity contribution in [1.82, 2.24) is 4.57 Å². The summed E-state index contributed by atoms with van der Waals surface area (Å²) in [6.45, 7) is 6.53. The first-order valence-electron chi connectivity index (χ1n) is 11.8. The van der Waals surface area contributed by atoms with Crippen LogP contribution in [0.5, 0.6) is 5.75 Å². The number of rotatable bonds is 6. The van der Waals surface area contributed by atoms with Crippen molar-refractivity contribution in [2.45, 2.75) is 19.9 Å². The Bertz CT molecular complexity index is 1490. The quantitative estimate of drug-likeness (QED) is 0.471. The highest BCUT2D eigenvalue weighted by atomic mass is 32.1. The number of nitrogens with zero attached hydrogens (tertiary/aromatic N) is 3. The van der Waals surface area contributed by atoms with Crippen molar-refractivity contribution >= 4 is 29.3 Å². The van der Waals surface area contributed by atoms with Crippen molar-refractivity contribution in [3.63, 3.8) is 0 Å². The lowest BCUT2D eigenvalue weighted by Gasteiger charge is -2.26. The van der Waals surface area contributed by atoms with Gasteiger partial charge in [0.25, 0.3) is 5.56 Å². The van der Waals surface area contributed by atoms with E-state index in [2.05, 4.69) is 9.89 Å². The Labute approximate surface area is 211 Å². The standard InChI is InChI=1S/C26H27N3O6S/c1-4-34-25(31)22-16(2)27-26-29(23(22)18-7-5-6-8-19(18)32-3)24(30)20(36-26)15-17-9-10-21(35-17)28-11-13-33-14-12-28/h5-10,15,23H,4,11-14H2,1-3H3. The van der Waals surface area contributed by atoms with Gasteiger partial charge in [-0.2, -0.15) is 0 Å². The summed E-state index contributed by atoms with van der Waals surface area (Å²) in [6.07, 6.45) is 1.72. The molecule has 1 aromatic carbocycles. The maximum absolute atomic E-state index is 13.7. The normalized spacial score (nSPS) is 18.1. The minimum atomic E-state index is -0.737. The number of para-hydroxylation sites is 1. The Kier molecular flexibility index (Phi) is 6.80.